The largest absolute Gasteiger partial charge is 0.493 e. The Labute approximate surface area is 395 Å². The fourth-order valence-electron chi connectivity index (χ4n) is 9.89. The average Bonchev–Trinajstić information content (AvgIpc) is 3.35. The van der Waals surface area contributed by atoms with Gasteiger partial charge in [0.05, 0.1) is 136 Å². The van der Waals surface area contributed by atoms with Gasteiger partial charge in [0.25, 0.3) is 0 Å². The zero-order valence-electron chi connectivity index (χ0n) is 41.3. The van der Waals surface area contributed by atoms with Crippen LogP contribution < -0.4 is 42.6 Å². The zero-order chi connectivity index (χ0) is 48.3. The molecule has 0 fully saturated rings. The highest BCUT2D eigenvalue weighted by Crippen LogP contribution is 2.51. The number of esters is 2. The van der Waals surface area contributed by atoms with Gasteiger partial charge in [-0.2, -0.15) is 0 Å². The number of nitrogens with zero attached hydrogens (tertiary/aromatic N) is 2. The van der Waals surface area contributed by atoms with E-state index in [9.17, 15) is 9.59 Å². The Balaban J connectivity index is 1.02. The number of benzene rings is 4. The van der Waals surface area contributed by atoms with Crippen LogP contribution in [0.4, 0.5) is 0 Å². The Morgan fingerprint density at radius 1 is 0.552 bits per heavy atom. The molecule has 3 unspecified atom stereocenters. The summed E-state index contributed by atoms with van der Waals surface area (Å²) in [5.74, 6) is 4.92. The van der Waals surface area contributed by atoms with E-state index >= 15 is 0 Å². The normalized spacial score (nSPS) is 18.4. The third-order valence-corrected chi connectivity index (χ3v) is 13.5. The van der Waals surface area contributed by atoms with Gasteiger partial charge in [0.15, 0.2) is 46.0 Å². The van der Waals surface area contributed by atoms with Crippen molar-refractivity contribution in [2.45, 2.75) is 57.5 Å². The number of fused-ring (bicyclic) bond motifs is 2. The van der Waals surface area contributed by atoms with E-state index in [2.05, 4.69) is 32.3 Å². The number of quaternary nitrogens is 2. The van der Waals surface area contributed by atoms with Crippen LogP contribution >= 0.6 is 0 Å². The van der Waals surface area contributed by atoms with Crippen LogP contribution in [-0.2, 0) is 44.9 Å². The summed E-state index contributed by atoms with van der Waals surface area (Å²) in [5, 5.41) is 0. The average molecular weight is 931 g/mol. The minimum Gasteiger partial charge on any atom is -0.493 e. The van der Waals surface area contributed by atoms with Gasteiger partial charge >= 0.3 is 11.9 Å². The van der Waals surface area contributed by atoms with Crippen molar-refractivity contribution in [2.24, 2.45) is 0 Å². The van der Waals surface area contributed by atoms with E-state index in [1.165, 1.54) is 11.1 Å². The third-order valence-electron chi connectivity index (χ3n) is 13.5. The minimum absolute atomic E-state index is 0.0357. The second-order valence-electron chi connectivity index (χ2n) is 17.6. The van der Waals surface area contributed by atoms with Crippen LogP contribution in [0, 0.1) is 0 Å². The molecule has 2 aliphatic rings. The van der Waals surface area contributed by atoms with Crippen molar-refractivity contribution in [3.05, 3.63) is 76.3 Å². The molecule has 67 heavy (non-hydrogen) atoms. The molecule has 2 aliphatic heterocycles. The van der Waals surface area contributed by atoms with Crippen LogP contribution in [0.5, 0.6) is 51.7 Å². The molecule has 0 saturated carbocycles. The van der Waals surface area contributed by atoms with E-state index in [0.29, 0.717) is 75.5 Å². The lowest BCUT2D eigenvalue weighted by molar-refractivity contribution is -0.941. The van der Waals surface area contributed by atoms with Crippen molar-refractivity contribution in [2.75, 3.05) is 117 Å². The first kappa shape index (κ1) is 50.4. The first-order chi connectivity index (χ1) is 32.3. The summed E-state index contributed by atoms with van der Waals surface area (Å²) in [4.78, 5) is 25.7. The van der Waals surface area contributed by atoms with E-state index in [-0.39, 0.29) is 32.1 Å². The topological polar surface area (TPSA) is 136 Å². The quantitative estimate of drug-likeness (QED) is 0.0412. The summed E-state index contributed by atoms with van der Waals surface area (Å²) in [5.41, 5.74) is 7.58. The number of methoxy groups -OCH3 is 9. The van der Waals surface area contributed by atoms with Gasteiger partial charge in [0.1, 0.15) is 12.6 Å². The standard InChI is InChI=1S/C52H70N2O13/c1-53(24-20-35-30-44(61-7)50(63-9)48(38(35)33-53)36-15-17-41(58-4)43(31-36)60-6)22-12-26-66-46(55)18-19-47(56)67-27-13-23-54(2)25-21-37-32-45(62-8)51(64-10)52(65-11)49(37)39(54)28-34-14-16-40(57-3)42(29-34)59-5/h14-17,29-32,39H,12-13,18-28,33H2,1-11H3/q+2. The van der Waals surface area contributed by atoms with Gasteiger partial charge in [0.2, 0.25) is 5.75 Å². The molecule has 0 saturated heterocycles. The molecule has 364 valence electrons. The van der Waals surface area contributed by atoms with Gasteiger partial charge in [0, 0.05) is 43.2 Å². The monoisotopic (exact) mass is 930 g/mol. The Morgan fingerprint density at radius 3 is 1.69 bits per heavy atom. The molecule has 0 amide bonds. The maximum Gasteiger partial charge on any atom is 0.306 e. The van der Waals surface area contributed by atoms with Crippen LogP contribution in [0.15, 0.2) is 48.5 Å². The highest BCUT2D eigenvalue weighted by molar-refractivity contribution is 5.80. The van der Waals surface area contributed by atoms with Crippen LogP contribution in [0.3, 0.4) is 0 Å². The SMILES string of the molecule is COc1ccc(CC2c3c(cc(OC)c(OC)c3OC)CC[N+]2(C)CCCOC(=O)CCC(=O)OCCC[N+]2(C)CCc3cc(OC)c(OC)c(-c4ccc(OC)c(OC)c4)c3C2)cc1OC. The molecule has 0 radical (unpaired) electrons. The molecule has 15 nitrogen and oxygen atoms in total. The number of likely N-dealkylation sites (N-methyl/N-ethyl adjacent to an activating group) is 2. The zero-order valence-corrected chi connectivity index (χ0v) is 41.3. The fraction of sp³-hybridized carbons (Fsp3) is 0.500. The number of hydrogen-bond donors (Lipinski definition) is 0. The highest BCUT2D eigenvalue weighted by Gasteiger charge is 2.43. The van der Waals surface area contributed by atoms with Crippen LogP contribution in [0.1, 0.15) is 59.5 Å². The van der Waals surface area contributed by atoms with Gasteiger partial charge in [-0.15, -0.1) is 0 Å². The summed E-state index contributed by atoms with van der Waals surface area (Å²) < 4.78 is 64.4. The Kier molecular flexibility index (Phi) is 17.0. The van der Waals surface area contributed by atoms with Gasteiger partial charge in [-0.05, 0) is 58.7 Å². The number of hydrogen-bond acceptors (Lipinski definition) is 13. The summed E-state index contributed by atoms with van der Waals surface area (Å²) >= 11 is 0. The van der Waals surface area contributed by atoms with Gasteiger partial charge in [-0.1, -0.05) is 12.1 Å². The Morgan fingerprint density at radius 2 is 1.09 bits per heavy atom. The predicted molar refractivity (Wildman–Crippen MR) is 254 cm³/mol. The molecule has 0 N–H and O–H groups in total. The fourth-order valence-corrected chi connectivity index (χ4v) is 9.89. The van der Waals surface area contributed by atoms with Gasteiger partial charge in [-0.25, -0.2) is 0 Å². The summed E-state index contributed by atoms with van der Waals surface area (Å²) in [6.07, 6.45) is 3.52. The van der Waals surface area contributed by atoms with Crippen molar-refractivity contribution < 1.29 is 70.7 Å². The summed E-state index contributed by atoms with van der Waals surface area (Å²) in [6, 6.07) is 16.0. The number of ether oxygens (including phenoxy) is 11. The minimum atomic E-state index is -0.425. The lowest BCUT2D eigenvalue weighted by Crippen LogP contribution is -2.52. The summed E-state index contributed by atoms with van der Waals surface area (Å²) in [6.45, 7) is 4.52. The van der Waals surface area contributed by atoms with Crippen LogP contribution in [0.25, 0.3) is 11.1 Å². The number of carbonyl (C=O) groups is 2. The van der Waals surface area contributed by atoms with Crippen molar-refractivity contribution in [3.63, 3.8) is 0 Å². The lowest BCUT2D eigenvalue weighted by Gasteiger charge is -2.46. The third kappa shape index (κ3) is 11.2. The molecule has 3 atom stereocenters. The number of carbonyl (C=O) groups excluding carboxylic acids is 2. The first-order valence-corrected chi connectivity index (χ1v) is 22.8. The molecule has 0 spiro atoms. The van der Waals surface area contributed by atoms with Crippen molar-refractivity contribution in [1.29, 1.82) is 0 Å². The van der Waals surface area contributed by atoms with Crippen LogP contribution in [0.2, 0.25) is 0 Å². The van der Waals surface area contributed by atoms with Crippen molar-refractivity contribution >= 4 is 11.9 Å². The smallest absolute Gasteiger partial charge is 0.306 e. The molecule has 4 aromatic carbocycles. The van der Waals surface area contributed by atoms with Gasteiger partial charge < -0.3 is 61.1 Å². The summed E-state index contributed by atoms with van der Waals surface area (Å²) in [7, 11) is 19.2. The molecule has 0 aliphatic carbocycles. The Hall–Kier alpha value is -6.06. The number of rotatable bonds is 23. The second-order valence-corrected chi connectivity index (χ2v) is 17.6. The van der Waals surface area contributed by atoms with E-state index in [0.717, 1.165) is 77.9 Å². The van der Waals surface area contributed by atoms with Gasteiger partial charge in [-0.3, -0.25) is 9.59 Å². The highest BCUT2D eigenvalue weighted by atomic mass is 16.5. The first-order valence-electron chi connectivity index (χ1n) is 22.8. The molecule has 15 heteroatoms. The van der Waals surface area contributed by atoms with E-state index in [4.69, 9.17) is 52.1 Å². The maximum atomic E-state index is 12.9. The molecule has 6 rings (SSSR count). The lowest BCUT2D eigenvalue weighted by atomic mass is 9.85. The molecule has 0 bridgehead atoms. The van der Waals surface area contributed by atoms with E-state index < -0.39 is 11.9 Å². The molecule has 4 aromatic rings. The van der Waals surface area contributed by atoms with Crippen molar-refractivity contribution in [3.8, 4) is 62.9 Å². The van der Waals surface area contributed by atoms with E-state index in [1.807, 2.05) is 30.3 Å². The molecular weight excluding hydrogens is 861 g/mol. The second kappa shape index (κ2) is 22.6. The Bertz CT molecular complexity index is 2370. The molecule has 0 aromatic heterocycles. The molecular formula is C52H70N2O13+2. The predicted octanol–water partition coefficient (Wildman–Crippen LogP) is 7.57. The van der Waals surface area contributed by atoms with Crippen LogP contribution in [-0.4, -0.2) is 138 Å². The van der Waals surface area contributed by atoms with E-state index in [1.54, 1.807) is 64.0 Å². The maximum absolute atomic E-state index is 12.9. The van der Waals surface area contributed by atoms with Crippen molar-refractivity contribution in [1.82, 2.24) is 0 Å². The molecule has 2 heterocycles.